The molecule has 0 aromatic heterocycles. The van der Waals surface area contributed by atoms with Gasteiger partial charge in [0, 0.05) is 16.5 Å². The number of nitrogens with one attached hydrogen (secondary N) is 1. The molecule has 0 fully saturated rings. The molecule has 24 heavy (non-hydrogen) atoms. The van der Waals surface area contributed by atoms with Gasteiger partial charge in [0.2, 0.25) is 5.78 Å². The van der Waals surface area contributed by atoms with Crippen molar-refractivity contribution < 1.29 is 14.7 Å². The first kappa shape index (κ1) is 14.1. The van der Waals surface area contributed by atoms with Crippen LogP contribution in [-0.2, 0) is 0 Å². The number of phenols is 1. The summed E-state index contributed by atoms with van der Waals surface area (Å²) in [6, 6.07) is 17.2. The lowest BCUT2D eigenvalue weighted by Crippen LogP contribution is -2.22. The SMILES string of the molecule is O=C(NN=C1C(=O)c2cccc3cccc1c23)c1ccccc1O. The van der Waals surface area contributed by atoms with Gasteiger partial charge in [0.15, 0.2) is 0 Å². The average Bonchev–Trinajstić information content (AvgIpc) is 2.88. The van der Waals surface area contributed by atoms with E-state index in [1.54, 1.807) is 18.2 Å². The highest BCUT2D eigenvalue weighted by atomic mass is 16.3. The summed E-state index contributed by atoms with van der Waals surface area (Å²) in [6.45, 7) is 0. The molecule has 0 radical (unpaired) electrons. The second-order valence-electron chi connectivity index (χ2n) is 5.46. The molecule has 0 saturated heterocycles. The first-order valence-electron chi connectivity index (χ1n) is 7.39. The van der Waals surface area contributed by atoms with Gasteiger partial charge in [-0.05, 0) is 17.5 Å². The molecular formula is C19H12N2O3. The van der Waals surface area contributed by atoms with Crippen LogP contribution in [0.5, 0.6) is 5.75 Å². The van der Waals surface area contributed by atoms with E-state index in [-0.39, 0.29) is 22.8 Å². The summed E-state index contributed by atoms with van der Waals surface area (Å²) in [5.74, 6) is -0.936. The summed E-state index contributed by atoms with van der Waals surface area (Å²) in [5.41, 5.74) is 3.94. The molecule has 1 amide bonds. The van der Waals surface area contributed by atoms with E-state index in [2.05, 4.69) is 10.5 Å². The number of para-hydroxylation sites is 1. The Kier molecular flexibility index (Phi) is 3.13. The second-order valence-corrected chi connectivity index (χ2v) is 5.46. The fourth-order valence-corrected chi connectivity index (χ4v) is 2.92. The summed E-state index contributed by atoms with van der Waals surface area (Å²) in [4.78, 5) is 24.7. The van der Waals surface area contributed by atoms with E-state index in [0.717, 1.165) is 10.8 Å². The van der Waals surface area contributed by atoms with Crippen molar-refractivity contribution in [2.45, 2.75) is 0 Å². The van der Waals surface area contributed by atoms with Gasteiger partial charge in [-0.3, -0.25) is 9.59 Å². The highest BCUT2D eigenvalue weighted by Gasteiger charge is 2.29. The normalized spacial score (nSPS) is 14.3. The third kappa shape index (κ3) is 2.06. The third-order valence-electron chi connectivity index (χ3n) is 4.04. The maximum atomic E-state index is 12.6. The maximum absolute atomic E-state index is 12.6. The van der Waals surface area contributed by atoms with Crippen LogP contribution in [0, 0.1) is 0 Å². The van der Waals surface area contributed by atoms with Gasteiger partial charge in [-0.25, -0.2) is 5.43 Å². The van der Waals surface area contributed by atoms with E-state index < -0.39 is 5.91 Å². The van der Waals surface area contributed by atoms with Crippen LogP contribution >= 0.6 is 0 Å². The summed E-state index contributed by atoms with van der Waals surface area (Å²) >= 11 is 0. The largest absolute Gasteiger partial charge is 0.507 e. The summed E-state index contributed by atoms with van der Waals surface area (Å²) in [7, 11) is 0. The molecule has 0 saturated carbocycles. The van der Waals surface area contributed by atoms with Crippen molar-refractivity contribution in [3.63, 3.8) is 0 Å². The Balaban J connectivity index is 1.73. The van der Waals surface area contributed by atoms with E-state index in [1.165, 1.54) is 12.1 Å². The Morgan fingerprint density at radius 2 is 1.62 bits per heavy atom. The lowest BCUT2D eigenvalue weighted by atomic mass is 10.1. The number of hydrogen-bond donors (Lipinski definition) is 2. The van der Waals surface area contributed by atoms with Crippen molar-refractivity contribution in [2.75, 3.05) is 0 Å². The van der Waals surface area contributed by atoms with Crippen LogP contribution in [-0.4, -0.2) is 22.5 Å². The van der Waals surface area contributed by atoms with E-state index in [9.17, 15) is 14.7 Å². The summed E-state index contributed by atoms with van der Waals surface area (Å²) in [6.07, 6.45) is 0. The molecule has 0 bridgehead atoms. The zero-order valence-electron chi connectivity index (χ0n) is 12.5. The average molecular weight is 316 g/mol. The summed E-state index contributed by atoms with van der Waals surface area (Å²) < 4.78 is 0. The van der Waals surface area contributed by atoms with Crippen molar-refractivity contribution in [1.82, 2.24) is 5.43 Å². The first-order chi connectivity index (χ1) is 11.7. The Labute approximate surface area is 137 Å². The number of Topliss-reactive ketones (excluding diaryl/α,β-unsaturated/α-hetero) is 1. The Morgan fingerprint density at radius 1 is 0.917 bits per heavy atom. The molecule has 5 heteroatoms. The number of carbonyl (C=O) groups excluding carboxylic acids is 2. The van der Waals surface area contributed by atoms with Gasteiger partial charge in [-0.1, -0.05) is 48.5 Å². The van der Waals surface area contributed by atoms with Gasteiger partial charge >= 0.3 is 0 Å². The van der Waals surface area contributed by atoms with Gasteiger partial charge in [-0.15, -0.1) is 0 Å². The molecule has 0 unspecified atom stereocenters. The zero-order valence-corrected chi connectivity index (χ0v) is 12.5. The van der Waals surface area contributed by atoms with E-state index >= 15 is 0 Å². The lowest BCUT2D eigenvalue weighted by molar-refractivity contribution is 0.0952. The van der Waals surface area contributed by atoms with Crippen LogP contribution in [0.3, 0.4) is 0 Å². The standard InChI is InChI=1S/C19H12N2O3/c22-15-10-2-1-7-12(15)19(24)21-20-17-13-8-3-5-11-6-4-9-14(16(11)13)18(17)23/h1-10,22H,(H,21,24). The number of amides is 1. The third-order valence-corrected chi connectivity index (χ3v) is 4.04. The topological polar surface area (TPSA) is 78.8 Å². The van der Waals surface area contributed by atoms with Crippen LogP contribution in [0.2, 0.25) is 0 Å². The van der Waals surface area contributed by atoms with Gasteiger partial charge in [0.25, 0.3) is 5.91 Å². The fourth-order valence-electron chi connectivity index (χ4n) is 2.92. The van der Waals surface area contributed by atoms with Crippen molar-refractivity contribution in [1.29, 1.82) is 0 Å². The zero-order chi connectivity index (χ0) is 16.7. The second kappa shape index (κ2) is 5.31. The molecule has 5 nitrogen and oxygen atoms in total. The van der Waals surface area contributed by atoms with Crippen molar-refractivity contribution >= 4 is 28.2 Å². The van der Waals surface area contributed by atoms with Crippen molar-refractivity contribution in [3.8, 4) is 5.75 Å². The molecule has 3 aromatic carbocycles. The number of benzene rings is 3. The van der Waals surface area contributed by atoms with Crippen LogP contribution in [0.4, 0.5) is 0 Å². The van der Waals surface area contributed by atoms with Crippen LogP contribution in [0.1, 0.15) is 26.3 Å². The molecule has 4 rings (SSSR count). The van der Waals surface area contributed by atoms with E-state index in [1.807, 2.05) is 30.3 Å². The Hall–Kier alpha value is -3.47. The highest BCUT2D eigenvalue weighted by molar-refractivity contribution is 6.59. The molecule has 0 heterocycles. The summed E-state index contributed by atoms with van der Waals surface area (Å²) in [5, 5.41) is 15.5. The van der Waals surface area contributed by atoms with Crippen LogP contribution in [0.15, 0.2) is 65.8 Å². The van der Waals surface area contributed by atoms with Crippen LogP contribution in [0.25, 0.3) is 10.8 Å². The smallest absolute Gasteiger partial charge is 0.275 e. The number of ketones is 1. The molecule has 0 atom stereocenters. The first-order valence-corrected chi connectivity index (χ1v) is 7.39. The minimum Gasteiger partial charge on any atom is -0.507 e. The highest BCUT2D eigenvalue weighted by Crippen LogP contribution is 2.30. The molecule has 0 aliphatic heterocycles. The molecule has 1 aliphatic carbocycles. The van der Waals surface area contributed by atoms with Crippen LogP contribution < -0.4 is 5.43 Å². The molecule has 0 spiro atoms. The van der Waals surface area contributed by atoms with Gasteiger partial charge < -0.3 is 5.11 Å². The molecule has 2 N–H and O–H groups in total. The monoisotopic (exact) mass is 316 g/mol. The minimum atomic E-state index is -0.573. The van der Waals surface area contributed by atoms with Gasteiger partial charge in [0.1, 0.15) is 11.5 Å². The van der Waals surface area contributed by atoms with E-state index in [0.29, 0.717) is 11.1 Å². The predicted molar refractivity (Wildman–Crippen MR) is 90.4 cm³/mol. The quantitative estimate of drug-likeness (QED) is 0.714. The Bertz CT molecular complexity index is 1030. The number of carbonyl (C=O) groups is 2. The number of nitrogens with zero attached hydrogens (tertiary/aromatic N) is 1. The molecule has 116 valence electrons. The number of hydrogen-bond acceptors (Lipinski definition) is 4. The maximum Gasteiger partial charge on any atom is 0.275 e. The van der Waals surface area contributed by atoms with E-state index in [4.69, 9.17) is 0 Å². The number of hydrazone groups is 1. The van der Waals surface area contributed by atoms with Crippen molar-refractivity contribution in [3.05, 3.63) is 77.4 Å². The predicted octanol–water partition coefficient (Wildman–Crippen LogP) is 2.88. The van der Waals surface area contributed by atoms with Crippen molar-refractivity contribution in [2.24, 2.45) is 5.10 Å². The molecule has 1 aliphatic rings. The molecular weight excluding hydrogens is 304 g/mol. The lowest BCUT2D eigenvalue weighted by Gasteiger charge is -2.03. The minimum absolute atomic E-state index is 0.100. The van der Waals surface area contributed by atoms with Gasteiger partial charge in [0.05, 0.1) is 5.56 Å². The number of rotatable bonds is 2. The number of aromatic hydroxyl groups is 1. The molecule has 3 aromatic rings. The van der Waals surface area contributed by atoms with Gasteiger partial charge in [-0.2, -0.15) is 5.10 Å². The number of phenolic OH excluding ortho intramolecular Hbond substituents is 1. The Morgan fingerprint density at radius 3 is 2.38 bits per heavy atom. The fraction of sp³-hybridized carbons (Fsp3) is 0.